The maximum Gasteiger partial charge on any atom is 0.272 e. The molecular weight excluding hydrogens is 306 g/mol. The molecule has 1 fully saturated rings. The van der Waals surface area contributed by atoms with Gasteiger partial charge in [-0.25, -0.2) is 0 Å². The molecular formula is C17H25N5O2. The van der Waals surface area contributed by atoms with E-state index < -0.39 is 0 Å². The van der Waals surface area contributed by atoms with Crippen molar-refractivity contribution < 1.29 is 9.53 Å². The summed E-state index contributed by atoms with van der Waals surface area (Å²) in [6.07, 6.45) is 2.54. The highest BCUT2D eigenvalue weighted by Gasteiger charge is 2.35. The number of rotatable bonds is 5. The fourth-order valence-corrected chi connectivity index (χ4v) is 3.34. The lowest BCUT2D eigenvalue weighted by Gasteiger charge is -2.20. The second kappa shape index (κ2) is 6.76. The molecule has 0 aromatic carbocycles. The molecule has 0 bridgehead atoms. The number of nitrogens with one attached hydrogen (secondary N) is 2. The van der Waals surface area contributed by atoms with Crippen LogP contribution in [0.3, 0.4) is 0 Å². The standard InChI is InChI=1S/C17H25N5O2/c1-5-6-12-9-14(20-19-12)17(23)18-13-7-8-24-16(13)15-10(2)21-22(4)11(15)3/h9,13,16H,5-8H2,1-4H3,(H,18,23)(H,19,20)/t13-,16-/m0/s1. The van der Waals surface area contributed by atoms with E-state index in [0.29, 0.717) is 12.3 Å². The number of nitrogens with zero attached hydrogens (tertiary/aromatic N) is 3. The fourth-order valence-electron chi connectivity index (χ4n) is 3.34. The first-order valence-electron chi connectivity index (χ1n) is 8.48. The second-order valence-corrected chi connectivity index (χ2v) is 6.40. The molecule has 7 heteroatoms. The Morgan fingerprint density at radius 1 is 1.50 bits per heavy atom. The predicted octanol–water partition coefficient (Wildman–Crippen LogP) is 1.97. The zero-order chi connectivity index (χ0) is 17.3. The number of H-pyrrole nitrogens is 1. The zero-order valence-corrected chi connectivity index (χ0v) is 14.7. The third-order valence-corrected chi connectivity index (χ3v) is 4.64. The topological polar surface area (TPSA) is 84.8 Å². The van der Waals surface area contributed by atoms with E-state index in [1.165, 1.54) is 0 Å². The molecule has 2 atom stereocenters. The van der Waals surface area contributed by atoms with Gasteiger partial charge in [0.05, 0.1) is 11.7 Å². The van der Waals surface area contributed by atoms with E-state index in [0.717, 1.165) is 41.9 Å². The maximum absolute atomic E-state index is 12.5. The van der Waals surface area contributed by atoms with Gasteiger partial charge in [-0.3, -0.25) is 14.6 Å². The number of ether oxygens (including phenoxy) is 1. The highest BCUT2D eigenvalue weighted by atomic mass is 16.5. The van der Waals surface area contributed by atoms with Crippen LogP contribution in [0.1, 0.15) is 59.0 Å². The quantitative estimate of drug-likeness (QED) is 0.877. The molecule has 1 aliphatic heterocycles. The van der Waals surface area contributed by atoms with Gasteiger partial charge in [0.1, 0.15) is 11.8 Å². The average Bonchev–Trinajstić information content (AvgIpc) is 3.22. The van der Waals surface area contributed by atoms with Gasteiger partial charge in [-0.05, 0) is 32.8 Å². The molecule has 0 saturated carbocycles. The number of carbonyl (C=O) groups excluding carboxylic acids is 1. The predicted molar refractivity (Wildman–Crippen MR) is 89.8 cm³/mol. The Morgan fingerprint density at radius 2 is 2.29 bits per heavy atom. The smallest absolute Gasteiger partial charge is 0.272 e. The van der Waals surface area contributed by atoms with Crippen LogP contribution in [0, 0.1) is 13.8 Å². The van der Waals surface area contributed by atoms with Crippen molar-refractivity contribution in [2.75, 3.05) is 6.61 Å². The Hall–Kier alpha value is -2.15. The van der Waals surface area contributed by atoms with Crippen LogP contribution in [-0.4, -0.2) is 38.5 Å². The monoisotopic (exact) mass is 331 g/mol. The summed E-state index contributed by atoms with van der Waals surface area (Å²) in [5.41, 5.74) is 4.52. The molecule has 0 unspecified atom stereocenters. The van der Waals surface area contributed by atoms with Crippen molar-refractivity contribution in [3.63, 3.8) is 0 Å². The highest BCUT2D eigenvalue weighted by molar-refractivity contribution is 5.92. The highest BCUT2D eigenvalue weighted by Crippen LogP contribution is 2.33. The van der Waals surface area contributed by atoms with E-state index in [9.17, 15) is 4.79 Å². The molecule has 130 valence electrons. The van der Waals surface area contributed by atoms with E-state index in [-0.39, 0.29) is 18.1 Å². The van der Waals surface area contributed by atoms with Gasteiger partial charge < -0.3 is 10.1 Å². The van der Waals surface area contributed by atoms with Crippen LogP contribution in [0.4, 0.5) is 0 Å². The molecule has 1 saturated heterocycles. The molecule has 2 aromatic rings. The molecule has 2 N–H and O–H groups in total. The van der Waals surface area contributed by atoms with Gasteiger partial charge in [-0.1, -0.05) is 13.3 Å². The van der Waals surface area contributed by atoms with Crippen molar-refractivity contribution in [2.45, 2.75) is 52.2 Å². The molecule has 3 rings (SSSR count). The van der Waals surface area contributed by atoms with Crippen molar-refractivity contribution in [1.29, 1.82) is 0 Å². The Bertz CT molecular complexity index is 733. The summed E-state index contributed by atoms with van der Waals surface area (Å²) >= 11 is 0. The molecule has 3 heterocycles. The normalized spacial score (nSPS) is 20.5. The Balaban J connectivity index is 1.74. The Labute approximate surface area is 141 Å². The van der Waals surface area contributed by atoms with Crippen LogP contribution >= 0.6 is 0 Å². The minimum atomic E-state index is -0.159. The van der Waals surface area contributed by atoms with Crippen LogP contribution in [0.5, 0.6) is 0 Å². The van der Waals surface area contributed by atoms with Crippen LogP contribution in [0.25, 0.3) is 0 Å². The molecule has 2 aromatic heterocycles. The van der Waals surface area contributed by atoms with Crippen LogP contribution in [-0.2, 0) is 18.2 Å². The first-order valence-corrected chi connectivity index (χ1v) is 8.48. The molecule has 0 spiro atoms. The first-order chi connectivity index (χ1) is 11.5. The lowest BCUT2D eigenvalue weighted by molar-refractivity contribution is 0.0813. The Kier molecular flexibility index (Phi) is 4.71. The lowest BCUT2D eigenvalue weighted by atomic mass is 10.00. The van der Waals surface area contributed by atoms with Crippen molar-refractivity contribution >= 4 is 5.91 Å². The number of aryl methyl sites for hydroxylation is 3. The van der Waals surface area contributed by atoms with E-state index >= 15 is 0 Å². The molecule has 1 aliphatic rings. The summed E-state index contributed by atoms with van der Waals surface area (Å²) in [5.74, 6) is -0.159. The molecule has 24 heavy (non-hydrogen) atoms. The SMILES string of the molecule is CCCc1cc(C(=O)N[C@H]2CCO[C@@H]2c2c(C)nn(C)c2C)n[nH]1. The number of carbonyl (C=O) groups is 1. The van der Waals surface area contributed by atoms with Crippen molar-refractivity contribution in [3.05, 3.63) is 34.4 Å². The maximum atomic E-state index is 12.5. The van der Waals surface area contributed by atoms with Crippen LogP contribution < -0.4 is 5.32 Å². The minimum Gasteiger partial charge on any atom is -0.371 e. The van der Waals surface area contributed by atoms with E-state index in [2.05, 4.69) is 27.5 Å². The van der Waals surface area contributed by atoms with E-state index in [1.807, 2.05) is 31.6 Å². The summed E-state index contributed by atoms with van der Waals surface area (Å²) < 4.78 is 7.77. The number of amides is 1. The van der Waals surface area contributed by atoms with Gasteiger partial charge in [0.25, 0.3) is 5.91 Å². The van der Waals surface area contributed by atoms with Gasteiger partial charge in [-0.2, -0.15) is 10.2 Å². The summed E-state index contributed by atoms with van der Waals surface area (Å²) in [6, 6.07) is 1.76. The number of aromatic amines is 1. The summed E-state index contributed by atoms with van der Waals surface area (Å²) in [7, 11) is 1.92. The summed E-state index contributed by atoms with van der Waals surface area (Å²) in [5, 5.41) is 14.6. The molecule has 1 amide bonds. The van der Waals surface area contributed by atoms with Gasteiger partial charge in [0.2, 0.25) is 0 Å². The van der Waals surface area contributed by atoms with Gasteiger partial charge >= 0.3 is 0 Å². The number of hydrogen-bond acceptors (Lipinski definition) is 4. The average molecular weight is 331 g/mol. The minimum absolute atomic E-state index is 0.0644. The lowest BCUT2D eigenvalue weighted by Crippen LogP contribution is -2.37. The van der Waals surface area contributed by atoms with Crippen molar-refractivity contribution in [1.82, 2.24) is 25.3 Å². The third-order valence-electron chi connectivity index (χ3n) is 4.64. The van der Waals surface area contributed by atoms with E-state index in [1.54, 1.807) is 0 Å². The molecule has 0 radical (unpaired) electrons. The van der Waals surface area contributed by atoms with Crippen molar-refractivity contribution in [3.8, 4) is 0 Å². The third kappa shape index (κ3) is 3.08. The van der Waals surface area contributed by atoms with Crippen LogP contribution in [0.2, 0.25) is 0 Å². The number of aromatic nitrogens is 4. The van der Waals surface area contributed by atoms with Gasteiger partial charge in [0.15, 0.2) is 0 Å². The zero-order valence-electron chi connectivity index (χ0n) is 14.7. The second-order valence-electron chi connectivity index (χ2n) is 6.40. The Morgan fingerprint density at radius 3 is 2.96 bits per heavy atom. The summed E-state index contributed by atoms with van der Waals surface area (Å²) in [4.78, 5) is 12.5. The number of hydrogen-bond donors (Lipinski definition) is 2. The fraction of sp³-hybridized carbons (Fsp3) is 0.588. The molecule has 0 aliphatic carbocycles. The first kappa shape index (κ1) is 16.7. The van der Waals surface area contributed by atoms with Gasteiger partial charge in [-0.15, -0.1) is 0 Å². The van der Waals surface area contributed by atoms with E-state index in [4.69, 9.17) is 4.74 Å². The van der Waals surface area contributed by atoms with Crippen LogP contribution in [0.15, 0.2) is 6.07 Å². The molecule has 7 nitrogen and oxygen atoms in total. The van der Waals surface area contributed by atoms with Gasteiger partial charge in [0, 0.05) is 30.6 Å². The van der Waals surface area contributed by atoms with Crippen molar-refractivity contribution in [2.24, 2.45) is 7.05 Å². The summed E-state index contributed by atoms with van der Waals surface area (Å²) in [6.45, 7) is 6.74. The largest absolute Gasteiger partial charge is 0.371 e.